The Morgan fingerprint density at radius 3 is 2.34 bits per heavy atom. The van der Waals surface area contributed by atoms with Crippen molar-refractivity contribution in [3.8, 4) is 11.1 Å². The van der Waals surface area contributed by atoms with E-state index < -0.39 is 9.84 Å². The summed E-state index contributed by atoms with van der Waals surface area (Å²) in [5, 5.41) is 0. The molecule has 2 heterocycles. The average molecular weight is 403 g/mol. The first kappa shape index (κ1) is 18.0. The van der Waals surface area contributed by atoms with E-state index in [1.54, 1.807) is 18.2 Å². The molecule has 5 heteroatoms. The van der Waals surface area contributed by atoms with Gasteiger partial charge in [0.25, 0.3) is 0 Å². The van der Waals surface area contributed by atoms with Crippen molar-refractivity contribution in [2.24, 2.45) is 0 Å². The van der Waals surface area contributed by atoms with Gasteiger partial charge in [0.05, 0.1) is 15.5 Å². The van der Waals surface area contributed by atoms with Gasteiger partial charge >= 0.3 is 0 Å². The molecule has 0 radical (unpaired) electrons. The molecule has 2 aliphatic heterocycles. The molecular formula is C24H22N2O2S. The summed E-state index contributed by atoms with van der Waals surface area (Å²) in [4.78, 5) is 5.29. The van der Waals surface area contributed by atoms with E-state index in [0.717, 1.165) is 22.4 Å². The number of fused-ring (bicyclic) bond motifs is 3. The molecule has 146 valence electrons. The van der Waals surface area contributed by atoms with E-state index in [1.807, 2.05) is 30.3 Å². The Balaban J connectivity index is 1.63. The van der Waals surface area contributed by atoms with Gasteiger partial charge in [-0.25, -0.2) is 8.42 Å². The average Bonchev–Trinajstić information content (AvgIpc) is 3.14. The van der Waals surface area contributed by atoms with Crippen LogP contribution in [0.15, 0.2) is 82.7 Å². The minimum Gasteiger partial charge on any atom is -0.353 e. The van der Waals surface area contributed by atoms with Gasteiger partial charge in [-0.05, 0) is 43.7 Å². The summed E-state index contributed by atoms with van der Waals surface area (Å²) in [6, 6.07) is 21.3. The van der Waals surface area contributed by atoms with Gasteiger partial charge < -0.3 is 9.80 Å². The quantitative estimate of drug-likeness (QED) is 0.478. The first-order chi connectivity index (χ1) is 13.9. The first-order valence-electron chi connectivity index (χ1n) is 9.67. The lowest BCUT2D eigenvalue weighted by atomic mass is 10.0. The monoisotopic (exact) mass is 402 g/mol. The molecule has 1 unspecified atom stereocenters. The molecule has 0 aliphatic carbocycles. The van der Waals surface area contributed by atoms with Crippen LogP contribution in [0.4, 0.5) is 5.69 Å². The van der Waals surface area contributed by atoms with Crippen LogP contribution >= 0.6 is 0 Å². The topological polar surface area (TPSA) is 40.6 Å². The molecule has 2 aliphatic rings. The van der Waals surface area contributed by atoms with E-state index in [9.17, 15) is 8.42 Å². The number of hydrogen-bond donors (Lipinski definition) is 0. The molecule has 5 rings (SSSR count). The number of anilines is 1. The molecule has 0 saturated heterocycles. The number of para-hydroxylation sites is 1. The largest absolute Gasteiger partial charge is 0.353 e. The second-order valence-corrected chi connectivity index (χ2v) is 9.55. The highest BCUT2D eigenvalue weighted by molar-refractivity contribution is 7.92. The maximum atomic E-state index is 12.9. The normalized spacial score (nSPS) is 19.1. The summed E-state index contributed by atoms with van der Waals surface area (Å²) in [6.45, 7) is 4.29. The molecule has 0 fully saturated rings. The Hall–Kier alpha value is -3.05. The van der Waals surface area contributed by atoms with E-state index >= 15 is 0 Å². The van der Waals surface area contributed by atoms with Crippen molar-refractivity contribution in [3.63, 3.8) is 0 Å². The zero-order chi connectivity index (χ0) is 20.3. The molecule has 0 aromatic heterocycles. The van der Waals surface area contributed by atoms with Crippen molar-refractivity contribution in [1.29, 1.82) is 0 Å². The van der Waals surface area contributed by atoms with Gasteiger partial charge in [-0.15, -0.1) is 0 Å². The Morgan fingerprint density at radius 2 is 1.55 bits per heavy atom. The second kappa shape index (κ2) is 6.22. The minimum absolute atomic E-state index is 0.162. The zero-order valence-corrected chi connectivity index (χ0v) is 17.4. The fourth-order valence-corrected chi connectivity index (χ4v) is 5.96. The Labute approximate surface area is 171 Å². The van der Waals surface area contributed by atoms with Gasteiger partial charge in [-0.3, -0.25) is 0 Å². The number of benzene rings is 3. The van der Waals surface area contributed by atoms with E-state index in [1.165, 1.54) is 11.3 Å². The minimum atomic E-state index is -3.43. The van der Waals surface area contributed by atoms with Crippen LogP contribution in [0.1, 0.15) is 18.1 Å². The van der Waals surface area contributed by atoms with Crippen LogP contribution in [-0.4, -0.2) is 26.5 Å². The molecule has 0 bridgehead atoms. The molecule has 4 nitrogen and oxygen atoms in total. The van der Waals surface area contributed by atoms with Gasteiger partial charge in [0.1, 0.15) is 6.17 Å². The molecule has 3 aromatic carbocycles. The Kier molecular flexibility index (Phi) is 3.87. The summed E-state index contributed by atoms with van der Waals surface area (Å²) in [5.74, 6) is 0. The fraction of sp³-hybridized carbons (Fsp3) is 0.167. The first-order valence-corrected chi connectivity index (χ1v) is 11.2. The summed E-state index contributed by atoms with van der Waals surface area (Å²) in [5.41, 5.74) is 6.06. The SMILES string of the molecule is Cc1ccccc1N1C=C(c2ccc3c(c2)-c2ccccc2S3(=O)=O)N(C)C1C. The van der Waals surface area contributed by atoms with Crippen molar-refractivity contribution < 1.29 is 8.42 Å². The molecule has 0 amide bonds. The molecule has 1 atom stereocenters. The standard InChI is InChI=1S/C24H22N2O2S/c1-16-8-4-6-10-21(16)26-15-22(25(3)17(26)2)18-12-13-24-20(14-18)19-9-5-7-11-23(19)29(24,27)28/h4-15,17H,1-3H3. The van der Waals surface area contributed by atoms with Crippen LogP contribution in [0.25, 0.3) is 16.8 Å². The lowest BCUT2D eigenvalue weighted by Crippen LogP contribution is -2.34. The molecule has 0 N–H and O–H groups in total. The highest BCUT2D eigenvalue weighted by Crippen LogP contribution is 2.44. The number of rotatable bonds is 2. The molecular weight excluding hydrogens is 380 g/mol. The van der Waals surface area contributed by atoms with E-state index in [2.05, 4.69) is 55.1 Å². The van der Waals surface area contributed by atoms with Gasteiger partial charge in [-0.1, -0.05) is 42.5 Å². The zero-order valence-electron chi connectivity index (χ0n) is 16.6. The third-order valence-corrected chi connectivity index (χ3v) is 7.90. The maximum Gasteiger partial charge on any atom is 0.207 e. The molecule has 0 saturated carbocycles. The number of sulfone groups is 1. The van der Waals surface area contributed by atoms with Crippen molar-refractivity contribution >= 4 is 21.2 Å². The highest BCUT2D eigenvalue weighted by Gasteiger charge is 2.34. The van der Waals surface area contributed by atoms with Crippen LogP contribution in [0.5, 0.6) is 0 Å². The van der Waals surface area contributed by atoms with Crippen LogP contribution in [-0.2, 0) is 9.84 Å². The summed E-state index contributed by atoms with van der Waals surface area (Å²) >= 11 is 0. The van der Waals surface area contributed by atoms with E-state index in [0.29, 0.717) is 9.79 Å². The smallest absolute Gasteiger partial charge is 0.207 e. The predicted octanol–water partition coefficient (Wildman–Crippen LogP) is 4.90. The van der Waals surface area contributed by atoms with Gasteiger partial charge in [0.2, 0.25) is 9.84 Å². The van der Waals surface area contributed by atoms with E-state index in [-0.39, 0.29) is 6.17 Å². The van der Waals surface area contributed by atoms with Crippen molar-refractivity contribution in [3.05, 3.63) is 84.1 Å². The maximum absolute atomic E-state index is 12.9. The van der Waals surface area contributed by atoms with Crippen molar-refractivity contribution in [2.75, 3.05) is 11.9 Å². The predicted molar refractivity (Wildman–Crippen MR) is 116 cm³/mol. The van der Waals surface area contributed by atoms with E-state index in [4.69, 9.17) is 0 Å². The third kappa shape index (κ3) is 2.54. The van der Waals surface area contributed by atoms with Crippen LogP contribution in [0.3, 0.4) is 0 Å². The van der Waals surface area contributed by atoms with Gasteiger partial charge in [0.15, 0.2) is 0 Å². The number of aryl methyl sites for hydroxylation is 1. The summed E-state index contributed by atoms with van der Waals surface area (Å²) in [7, 11) is -1.36. The highest BCUT2D eigenvalue weighted by atomic mass is 32.2. The second-order valence-electron chi connectivity index (χ2n) is 7.66. The van der Waals surface area contributed by atoms with Crippen molar-refractivity contribution in [1.82, 2.24) is 4.90 Å². The lowest BCUT2D eigenvalue weighted by Gasteiger charge is -2.29. The third-order valence-electron chi connectivity index (χ3n) is 6.03. The van der Waals surface area contributed by atoms with Crippen molar-refractivity contribution in [2.45, 2.75) is 29.8 Å². The summed E-state index contributed by atoms with van der Waals surface area (Å²) < 4.78 is 25.7. The van der Waals surface area contributed by atoms with Crippen LogP contribution in [0.2, 0.25) is 0 Å². The Morgan fingerprint density at radius 1 is 0.862 bits per heavy atom. The number of nitrogens with zero attached hydrogens (tertiary/aromatic N) is 2. The van der Waals surface area contributed by atoms with Crippen LogP contribution < -0.4 is 4.90 Å². The Bertz CT molecular complexity index is 1280. The van der Waals surface area contributed by atoms with Gasteiger partial charge in [-0.2, -0.15) is 0 Å². The van der Waals surface area contributed by atoms with Crippen LogP contribution in [0, 0.1) is 6.92 Å². The number of hydrogen-bond acceptors (Lipinski definition) is 4. The van der Waals surface area contributed by atoms with Gasteiger partial charge in [0, 0.05) is 35.6 Å². The molecule has 29 heavy (non-hydrogen) atoms. The summed E-state index contributed by atoms with van der Waals surface area (Å²) in [6.07, 6.45) is 2.32. The lowest BCUT2D eigenvalue weighted by molar-refractivity contribution is 0.399. The molecule has 0 spiro atoms. The molecule has 3 aromatic rings. The fourth-order valence-electron chi connectivity index (χ4n) is 4.30.